The van der Waals surface area contributed by atoms with Crippen LogP contribution in [0.25, 0.3) is 0 Å². The number of carboxylic acid groups (broad SMARTS) is 1. The summed E-state index contributed by atoms with van der Waals surface area (Å²) in [5.41, 5.74) is 6.98. The molecule has 0 heterocycles. The number of aliphatic carboxylic acids is 1. The summed E-state index contributed by atoms with van der Waals surface area (Å²) in [5.74, 6) is -0.367. The van der Waals surface area contributed by atoms with E-state index < -0.39 is 11.5 Å². The minimum absolute atomic E-state index is 0.0340. The zero-order valence-electron chi connectivity index (χ0n) is 18.1. The molecule has 0 radical (unpaired) electrons. The van der Waals surface area contributed by atoms with Crippen LogP contribution in [0.4, 0.5) is 5.69 Å². The number of hydrogen-bond donors (Lipinski definition) is 5. The number of amidine groups is 1. The molecule has 0 bridgehead atoms. The molecule has 2 rings (SSSR count). The highest BCUT2D eigenvalue weighted by atomic mass is 16.5. The van der Waals surface area contributed by atoms with E-state index in [2.05, 4.69) is 24.5 Å². The lowest BCUT2D eigenvalue weighted by Crippen LogP contribution is -2.43. The van der Waals surface area contributed by atoms with E-state index in [1.54, 1.807) is 30.3 Å². The molecule has 0 saturated heterocycles. The molecular formula is C23H32N4O3. The van der Waals surface area contributed by atoms with Crippen molar-refractivity contribution in [3.63, 3.8) is 0 Å². The molecule has 2 aromatic rings. The lowest BCUT2D eigenvalue weighted by Gasteiger charge is -2.32. The summed E-state index contributed by atoms with van der Waals surface area (Å²) in [4.78, 5) is 12.5. The van der Waals surface area contributed by atoms with Gasteiger partial charge in [0.05, 0.1) is 6.61 Å². The number of anilines is 1. The van der Waals surface area contributed by atoms with Crippen LogP contribution < -0.4 is 21.1 Å². The Labute approximate surface area is 178 Å². The molecule has 1 unspecified atom stereocenters. The molecule has 7 nitrogen and oxygen atoms in total. The maximum atomic E-state index is 12.5. The number of hydrogen-bond acceptors (Lipinski definition) is 5. The van der Waals surface area contributed by atoms with Gasteiger partial charge in [-0.2, -0.15) is 0 Å². The van der Waals surface area contributed by atoms with Crippen LogP contribution in [0.15, 0.2) is 42.5 Å². The van der Waals surface area contributed by atoms with Crippen LogP contribution in [0.3, 0.4) is 0 Å². The molecule has 0 fully saturated rings. The van der Waals surface area contributed by atoms with Crippen molar-refractivity contribution >= 4 is 17.5 Å². The average Bonchev–Trinajstić information content (AvgIpc) is 2.70. The van der Waals surface area contributed by atoms with Gasteiger partial charge in [-0.15, -0.1) is 0 Å². The van der Waals surface area contributed by atoms with Crippen molar-refractivity contribution in [2.75, 3.05) is 11.9 Å². The predicted molar refractivity (Wildman–Crippen MR) is 120 cm³/mol. The van der Waals surface area contributed by atoms with Gasteiger partial charge in [0.15, 0.2) is 5.54 Å². The molecule has 0 aromatic heterocycles. The number of carboxylic acids is 1. The second-order valence-electron chi connectivity index (χ2n) is 7.51. The fourth-order valence-electron chi connectivity index (χ4n) is 3.25. The van der Waals surface area contributed by atoms with Gasteiger partial charge in [-0.25, -0.2) is 4.79 Å². The molecule has 7 heteroatoms. The second kappa shape index (κ2) is 10.1. The van der Waals surface area contributed by atoms with E-state index in [9.17, 15) is 9.90 Å². The van der Waals surface area contributed by atoms with Crippen LogP contribution in [0.5, 0.6) is 5.75 Å². The predicted octanol–water partition coefficient (Wildman–Crippen LogP) is 3.67. The van der Waals surface area contributed by atoms with Gasteiger partial charge < -0.3 is 26.2 Å². The van der Waals surface area contributed by atoms with Gasteiger partial charge in [0.25, 0.3) is 0 Å². The minimum Gasteiger partial charge on any atom is -0.494 e. The third kappa shape index (κ3) is 5.51. The highest BCUT2D eigenvalue weighted by molar-refractivity contribution is 5.95. The summed E-state index contributed by atoms with van der Waals surface area (Å²) in [7, 11) is 0. The Kier molecular flexibility index (Phi) is 7.83. The first-order valence-corrected chi connectivity index (χ1v) is 10.2. The van der Waals surface area contributed by atoms with Gasteiger partial charge in [0, 0.05) is 23.8 Å². The molecule has 0 aliphatic rings. The summed E-state index contributed by atoms with van der Waals surface area (Å²) >= 11 is 0. The number of ether oxygens (including phenoxy) is 1. The Morgan fingerprint density at radius 2 is 1.87 bits per heavy atom. The summed E-state index contributed by atoms with van der Waals surface area (Å²) in [6.45, 7) is 8.97. The van der Waals surface area contributed by atoms with E-state index in [1.807, 2.05) is 26.0 Å². The second-order valence-corrected chi connectivity index (χ2v) is 7.51. The van der Waals surface area contributed by atoms with Crippen molar-refractivity contribution in [1.29, 1.82) is 5.41 Å². The lowest BCUT2D eigenvalue weighted by atomic mass is 9.85. The number of nitrogen functional groups attached to an aromatic ring is 1. The molecule has 162 valence electrons. The monoisotopic (exact) mass is 412 g/mol. The summed E-state index contributed by atoms with van der Waals surface area (Å²) in [6, 6.07) is 12.8. The van der Waals surface area contributed by atoms with E-state index >= 15 is 0 Å². The number of nitrogens with two attached hydrogens (primary N) is 1. The van der Waals surface area contributed by atoms with E-state index in [1.165, 1.54) is 0 Å². The number of rotatable bonds is 11. The Balaban J connectivity index is 2.50. The number of nitrogens with one attached hydrogen (secondary N) is 3. The molecule has 2 aromatic carbocycles. The lowest BCUT2D eigenvalue weighted by molar-refractivity contribution is -0.142. The fraction of sp³-hybridized carbons (Fsp3) is 0.391. The van der Waals surface area contributed by atoms with E-state index in [0.29, 0.717) is 48.2 Å². The first kappa shape index (κ1) is 23.2. The smallest absolute Gasteiger partial charge is 0.334 e. The standard InChI is InChI=1S/C23H32N4O3/c1-5-23(22(28)29,27-19-9-7-17(8-10-19)21(24)25)18-11-16(14-26-15(3)4)12-20(13-18)30-6-2/h7-13,15,26-27H,5-6,14H2,1-4H3,(H3,24,25)(H,28,29). The van der Waals surface area contributed by atoms with Crippen LogP contribution in [0.1, 0.15) is 50.8 Å². The van der Waals surface area contributed by atoms with E-state index in [0.717, 1.165) is 5.56 Å². The molecule has 30 heavy (non-hydrogen) atoms. The third-order valence-corrected chi connectivity index (χ3v) is 4.93. The van der Waals surface area contributed by atoms with Gasteiger partial charge in [-0.1, -0.05) is 26.8 Å². The van der Waals surface area contributed by atoms with E-state index in [4.69, 9.17) is 15.9 Å². The fourth-order valence-corrected chi connectivity index (χ4v) is 3.25. The van der Waals surface area contributed by atoms with Crippen molar-refractivity contribution in [1.82, 2.24) is 5.32 Å². The average molecular weight is 413 g/mol. The molecule has 1 atom stereocenters. The molecule has 0 saturated carbocycles. The molecule has 0 aliphatic heterocycles. The van der Waals surface area contributed by atoms with Crippen molar-refractivity contribution in [2.24, 2.45) is 5.73 Å². The quantitative estimate of drug-likeness (QED) is 0.284. The molecular weight excluding hydrogens is 380 g/mol. The maximum Gasteiger partial charge on any atom is 0.334 e. The topological polar surface area (TPSA) is 120 Å². The SMILES string of the molecule is CCOc1cc(CNC(C)C)cc(C(CC)(Nc2ccc(C(=N)N)cc2)C(=O)O)c1. The maximum absolute atomic E-state index is 12.5. The first-order chi connectivity index (χ1) is 14.2. The van der Waals surface area contributed by atoms with Gasteiger partial charge in [0.1, 0.15) is 11.6 Å². The van der Waals surface area contributed by atoms with Crippen molar-refractivity contribution in [2.45, 2.75) is 52.2 Å². The molecule has 0 spiro atoms. The Bertz CT molecular complexity index is 881. The van der Waals surface area contributed by atoms with Gasteiger partial charge in [0.2, 0.25) is 0 Å². The highest BCUT2D eigenvalue weighted by Gasteiger charge is 2.39. The Morgan fingerprint density at radius 1 is 1.20 bits per heavy atom. The van der Waals surface area contributed by atoms with Crippen molar-refractivity contribution in [3.8, 4) is 5.75 Å². The zero-order chi connectivity index (χ0) is 22.3. The largest absolute Gasteiger partial charge is 0.494 e. The number of carbonyl (C=O) groups is 1. The van der Waals surface area contributed by atoms with Crippen LogP contribution in [0.2, 0.25) is 0 Å². The van der Waals surface area contributed by atoms with Crippen LogP contribution in [0, 0.1) is 5.41 Å². The van der Waals surface area contributed by atoms with Crippen LogP contribution >= 0.6 is 0 Å². The van der Waals surface area contributed by atoms with Gasteiger partial charge in [-0.05, 0) is 60.9 Å². The van der Waals surface area contributed by atoms with Crippen LogP contribution in [-0.2, 0) is 16.9 Å². The zero-order valence-corrected chi connectivity index (χ0v) is 18.1. The minimum atomic E-state index is -1.34. The highest BCUT2D eigenvalue weighted by Crippen LogP contribution is 2.34. The van der Waals surface area contributed by atoms with Crippen molar-refractivity contribution in [3.05, 3.63) is 59.2 Å². The molecule has 0 aliphatic carbocycles. The normalized spacial score (nSPS) is 13.0. The summed E-state index contributed by atoms with van der Waals surface area (Å²) in [5, 5.41) is 24.3. The molecule has 0 amide bonds. The molecule has 6 N–H and O–H groups in total. The Morgan fingerprint density at radius 3 is 2.37 bits per heavy atom. The first-order valence-electron chi connectivity index (χ1n) is 10.2. The number of benzene rings is 2. The summed E-state index contributed by atoms with van der Waals surface area (Å²) in [6.07, 6.45) is 0.323. The van der Waals surface area contributed by atoms with E-state index in [-0.39, 0.29) is 5.84 Å². The van der Waals surface area contributed by atoms with Gasteiger partial charge >= 0.3 is 5.97 Å². The summed E-state index contributed by atoms with van der Waals surface area (Å²) < 4.78 is 5.72. The van der Waals surface area contributed by atoms with Gasteiger partial charge in [-0.3, -0.25) is 5.41 Å². The Hall–Kier alpha value is -3.06. The van der Waals surface area contributed by atoms with Crippen molar-refractivity contribution < 1.29 is 14.6 Å². The third-order valence-electron chi connectivity index (χ3n) is 4.93. The van der Waals surface area contributed by atoms with Crippen LogP contribution in [-0.4, -0.2) is 29.6 Å².